The molecule has 0 atom stereocenters. The van der Waals surface area contributed by atoms with Gasteiger partial charge in [0.05, 0.1) is 12.3 Å². The molecule has 0 unspecified atom stereocenters. The molecule has 2 aromatic heterocycles. The van der Waals surface area contributed by atoms with Crippen LogP contribution in [0.2, 0.25) is 0 Å². The number of nitrogens with zero attached hydrogens (tertiary/aromatic N) is 4. The first-order valence-electron chi connectivity index (χ1n) is 7.21. The van der Waals surface area contributed by atoms with Crippen LogP contribution in [-0.4, -0.2) is 67.7 Å². The van der Waals surface area contributed by atoms with Crippen molar-refractivity contribution in [1.82, 2.24) is 25.6 Å². The molecule has 2 heterocycles. The van der Waals surface area contributed by atoms with Crippen molar-refractivity contribution in [2.75, 3.05) is 17.7 Å². The quantitative estimate of drug-likeness (QED) is 0.459. The minimum atomic E-state index is -0.452. The van der Waals surface area contributed by atoms with Crippen LogP contribution in [0.3, 0.4) is 0 Å². The Morgan fingerprint density at radius 2 is 2.04 bits per heavy atom. The van der Waals surface area contributed by atoms with Gasteiger partial charge in [0, 0.05) is 23.4 Å². The number of amides is 1. The zero-order valence-electron chi connectivity index (χ0n) is 12.9. The van der Waals surface area contributed by atoms with Crippen molar-refractivity contribution in [1.29, 1.82) is 0 Å². The summed E-state index contributed by atoms with van der Waals surface area (Å²) in [5.41, 5.74) is 7.96. The predicted molar refractivity (Wildman–Crippen MR) is 94.5 cm³/mol. The molecule has 0 aliphatic rings. The SMILES string of the molecule is CCOc1cc(C(=O)Nc2nnn[nH]2)nc(-c2ccc(N)cc2)c1.[NaH]. The summed E-state index contributed by atoms with van der Waals surface area (Å²) in [5.74, 6) is 0.226. The standard InChI is InChI=1S/C15H15N7O2.Na.H/c1-2-24-11-7-12(9-3-5-10(16)6-4-9)17-13(8-11)14(23)18-15-19-21-22-20-15;;/h3-8H,2,16H2,1H3,(H2,18,19,20,21,22,23);;. The van der Waals surface area contributed by atoms with E-state index in [2.05, 4.69) is 30.9 Å². The third-order valence-corrected chi connectivity index (χ3v) is 3.13. The van der Waals surface area contributed by atoms with Crippen LogP contribution in [-0.2, 0) is 0 Å². The Hall–Kier alpha value is -2.49. The van der Waals surface area contributed by atoms with E-state index in [9.17, 15) is 4.79 Å². The molecule has 10 heteroatoms. The molecule has 0 radical (unpaired) electrons. The second kappa shape index (κ2) is 8.56. The molecule has 25 heavy (non-hydrogen) atoms. The Balaban J connectivity index is 0.00000225. The van der Waals surface area contributed by atoms with Gasteiger partial charge in [0.2, 0.25) is 5.95 Å². The number of pyridine rings is 1. The van der Waals surface area contributed by atoms with Gasteiger partial charge >= 0.3 is 29.6 Å². The molecule has 0 bridgehead atoms. The average molecular weight is 349 g/mol. The van der Waals surface area contributed by atoms with Gasteiger partial charge in [0.1, 0.15) is 11.4 Å². The number of benzene rings is 1. The molecule has 0 saturated carbocycles. The minimum absolute atomic E-state index is 0. The number of rotatable bonds is 5. The molecular formula is C15H16N7NaO2. The van der Waals surface area contributed by atoms with Gasteiger partial charge in [-0.3, -0.25) is 10.1 Å². The number of nitrogens with one attached hydrogen (secondary N) is 2. The topological polar surface area (TPSA) is 132 Å². The molecular weight excluding hydrogens is 333 g/mol. The molecule has 3 rings (SSSR count). The second-order valence-corrected chi connectivity index (χ2v) is 4.83. The van der Waals surface area contributed by atoms with Gasteiger partial charge in [0.15, 0.2) is 0 Å². The summed E-state index contributed by atoms with van der Waals surface area (Å²) in [4.78, 5) is 16.7. The normalized spacial score (nSPS) is 9.96. The van der Waals surface area contributed by atoms with Crippen LogP contribution < -0.4 is 15.8 Å². The van der Waals surface area contributed by atoms with Crippen LogP contribution >= 0.6 is 0 Å². The Bertz CT molecular complexity index is 838. The predicted octanol–water partition coefficient (Wildman–Crippen LogP) is 0.846. The molecule has 1 aromatic carbocycles. The average Bonchev–Trinajstić information content (AvgIpc) is 3.08. The Morgan fingerprint density at radius 1 is 1.28 bits per heavy atom. The molecule has 3 aromatic rings. The first kappa shape index (κ1) is 18.8. The van der Waals surface area contributed by atoms with E-state index in [0.29, 0.717) is 23.7 Å². The van der Waals surface area contributed by atoms with E-state index in [4.69, 9.17) is 10.5 Å². The van der Waals surface area contributed by atoms with E-state index in [1.54, 1.807) is 24.3 Å². The first-order chi connectivity index (χ1) is 11.7. The van der Waals surface area contributed by atoms with Crippen molar-refractivity contribution < 1.29 is 9.53 Å². The summed E-state index contributed by atoms with van der Waals surface area (Å²) in [5, 5.41) is 15.4. The molecule has 1 amide bonds. The maximum absolute atomic E-state index is 12.3. The van der Waals surface area contributed by atoms with Crippen LogP contribution in [0.15, 0.2) is 36.4 Å². The Labute approximate surface area is 165 Å². The van der Waals surface area contributed by atoms with Gasteiger partial charge in [-0.1, -0.05) is 17.2 Å². The van der Waals surface area contributed by atoms with Gasteiger partial charge in [-0.15, -0.1) is 0 Å². The van der Waals surface area contributed by atoms with Gasteiger partial charge < -0.3 is 10.5 Å². The molecule has 0 aliphatic heterocycles. The number of carbonyl (C=O) groups excluding carboxylic acids is 1. The van der Waals surface area contributed by atoms with E-state index in [-0.39, 0.29) is 41.2 Å². The third-order valence-electron chi connectivity index (χ3n) is 3.13. The molecule has 0 fully saturated rings. The summed E-state index contributed by atoms with van der Waals surface area (Å²) < 4.78 is 5.52. The summed E-state index contributed by atoms with van der Waals surface area (Å²) in [6.07, 6.45) is 0. The third kappa shape index (κ3) is 4.75. The Morgan fingerprint density at radius 3 is 2.68 bits per heavy atom. The maximum atomic E-state index is 12.3. The van der Waals surface area contributed by atoms with E-state index in [0.717, 1.165) is 5.56 Å². The molecule has 0 spiro atoms. The number of nitrogen functional groups attached to an aromatic ring is 1. The zero-order valence-corrected chi connectivity index (χ0v) is 12.9. The fourth-order valence-electron chi connectivity index (χ4n) is 2.06. The number of hydrogen-bond acceptors (Lipinski definition) is 7. The van der Waals surface area contributed by atoms with Crippen molar-refractivity contribution in [2.24, 2.45) is 0 Å². The van der Waals surface area contributed by atoms with E-state index in [1.807, 2.05) is 19.1 Å². The van der Waals surface area contributed by atoms with Crippen molar-refractivity contribution in [3.63, 3.8) is 0 Å². The molecule has 0 aliphatic carbocycles. The molecule has 4 N–H and O–H groups in total. The number of H-pyrrole nitrogens is 1. The van der Waals surface area contributed by atoms with Crippen molar-refractivity contribution >= 4 is 47.1 Å². The van der Waals surface area contributed by atoms with Crippen LogP contribution in [0.25, 0.3) is 11.3 Å². The van der Waals surface area contributed by atoms with Gasteiger partial charge in [-0.2, -0.15) is 0 Å². The monoisotopic (exact) mass is 349 g/mol. The van der Waals surface area contributed by atoms with Crippen LogP contribution in [0.5, 0.6) is 5.75 Å². The molecule has 0 saturated heterocycles. The van der Waals surface area contributed by atoms with Gasteiger partial charge in [-0.05, 0) is 29.5 Å². The number of anilines is 2. The summed E-state index contributed by atoms with van der Waals surface area (Å²) in [7, 11) is 0. The zero-order chi connectivity index (χ0) is 16.9. The number of hydrogen-bond donors (Lipinski definition) is 3. The van der Waals surface area contributed by atoms with Crippen molar-refractivity contribution in [3.05, 3.63) is 42.1 Å². The Kier molecular flexibility index (Phi) is 6.45. The summed E-state index contributed by atoms with van der Waals surface area (Å²) >= 11 is 0. The van der Waals surface area contributed by atoms with E-state index < -0.39 is 5.91 Å². The number of aromatic amines is 1. The number of tetrazole rings is 1. The van der Waals surface area contributed by atoms with E-state index >= 15 is 0 Å². The van der Waals surface area contributed by atoms with Crippen molar-refractivity contribution in [2.45, 2.75) is 6.92 Å². The number of nitrogens with two attached hydrogens (primary N) is 1. The number of aromatic nitrogens is 5. The summed E-state index contributed by atoms with van der Waals surface area (Å²) in [6, 6.07) is 10.5. The molecule has 9 nitrogen and oxygen atoms in total. The van der Waals surface area contributed by atoms with Gasteiger partial charge in [0.25, 0.3) is 5.91 Å². The van der Waals surface area contributed by atoms with Crippen molar-refractivity contribution in [3.8, 4) is 17.0 Å². The fourth-order valence-corrected chi connectivity index (χ4v) is 2.06. The fraction of sp³-hybridized carbons (Fsp3) is 0.133. The van der Waals surface area contributed by atoms with Gasteiger partial charge in [-0.25, -0.2) is 10.1 Å². The summed E-state index contributed by atoms with van der Waals surface area (Å²) in [6.45, 7) is 2.33. The first-order valence-corrected chi connectivity index (χ1v) is 7.21. The number of carbonyl (C=O) groups is 1. The van der Waals surface area contributed by atoms with Crippen LogP contribution in [0.1, 0.15) is 17.4 Å². The van der Waals surface area contributed by atoms with E-state index in [1.165, 1.54) is 0 Å². The van der Waals surface area contributed by atoms with Crippen LogP contribution in [0.4, 0.5) is 11.6 Å². The second-order valence-electron chi connectivity index (χ2n) is 4.83. The molecule has 124 valence electrons. The number of ether oxygens (including phenoxy) is 1. The van der Waals surface area contributed by atoms with Crippen LogP contribution in [0, 0.1) is 0 Å².